The summed E-state index contributed by atoms with van der Waals surface area (Å²) in [6.45, 7) is 4.51. The molecule has 0 aromatic carbocycles. The second-order valence-electron chi connectivity index (χ2n) is 5.58. The third-order valence-electron chi connectivity index (χ3n) is 3.39. The van der Waals surface area contributed by atoms with Crippen LogP contribution in [0.4, 0.5) is 0 Å². The zero-order valence-electron chi connectivity index (χ0n) is 12.3. The van der Waals surface area contributed by atoms with Gasteiger partial charge in [-0.05, 0) is 26.7 Å². The molecule has 6 heteroatoms. The molecule has 2 rings (SSSR count). The molecule has 6 nitrogen and oxygen atoms in total. The maximum absolute atomic E-state index is 12.2. The number of rotatable bonds is 7. The minimum absolute atomic E-state index is 0.172. The van der Waals surface area contributed by atoms with E-state index in [0.29, 0.717) is 11.5 Å². The summed E-state index contributed by atoms with van der Waals surface area (Å²) >= 11 is 0. The van der Waals surface area contributed by atoms with Crippen LogP contribution >= 0.6 is 0 Å². The fourth-order valence-corrected chi connectivity index (χ4v) is 2.28. The monoisotopic (exact) mass is 281 g/mol. The number of amides is 1. The molecule has 0 saturated heterocycles. The van der Waals surface area contributed by atoms with Gasteiger partial charge in [-0.25, -0.2) is 0 Å². The van der Waals surface area contributed by atoms with E-state index in [9.17, 15) is 9.90 Å². The number of methoxy groups -OCH3 is 1. The molecule has 1 aliphatic rings. The van der Waals surface area contributed by atoms with Gasteiger partial charge in [0.25, 0.3) is 5.91 Å². The van der Waals surface area contributed by atoms with Gasteiger partial charge < -0.3 is 15.2 Å². The van der Waals surface area contributed by atoms with Crippen LogP contribution in [0.15, 0.2) is 6.20 Å². The maximum atomic E-state index is 12.2. The first-order valence-electron chi connectivity index (χ1n) is 7.07. The van der Waals surface area contributed by atoms with Crippen LogP contribution in [0.25, 0.3) is 0 Å². The van der Waals surface area contributed by atoms with Gasteiger partial charge in [0.2, 0.25) is 0 Å². The highest BCUT2D eigenvalue weighted by Gasteiger charge is 2.33. The summed E-state index contributed by atoms with van der Waals surface area (Å²) < 4.78 is 6.76. The number of hydrogen-bond acceptors (Lipinski definition) is 4. The van der Waals surface area contributed by atoms with Crippen molar-refractivity contribution in [2.75, 3.05) is 20.3 Å². The molecule has 2 N–H and O–H groups in total. The Hall–Kier alpha value is -1.40. The number of ether oxygens (including phenoxy) is 1. The van der Waals surface area contributed by atoms with Crippen molar-refractivity contribution in [2.45, 2.75) is 44.8 Å². The summed E-state index contributed by atoms with van der Waals surface area (Å²) in [6, 6.07) is 0.242. The van der Waals surface area contributed by atoms with Crippen molar-refractivity contribution in [3.63, 3.8) is 0 Å². The summed E-state index contributed by atoms with van der Waals surface area (Å²) in [7, 11) is 1.52. The molecule has 1 saturated carbocycles. The predicted octanol–water partition coefficient (Wildman–Crippen LogP) is 1.08. The number of carbonyl (C=O) groups is 1. The zero-order chi connectivity index (χ0) is 14.7. The van der Waals surface area contributed by atoms with Gasteiger partial charge in [-0.2, -0.15) is 5.10 Å². The lowest BCUT2D eigenvalue weighted by atomic mass is 10.1. The molecule has 0 bridgehead atoms. The van der Waals surface area contributed by atoms with Crippen LogP contribution in [0, 0.1) is 0 Å². The zero-order valence-corrected chi connectivity index (χ0v) is 12.3. The van der Waals surface area contributed by atoms with Crippen molar-refractivity contribution in [3.05, 3.63) is 17.5 Å². The predicted molar refractivity (Wildman–Crippen MR) is 74.8 cm³/mol. The van der Waals surface area contributed by atoms with Gasteiger partial charge in [0.1, 0.15) is 0 Å². The first-order valence-corrected chi connectivity index (χ1v) is 7.07. The van der Waals surface area contributed by atoms with Gasteiger partial charge in [-0.3, -0.25) is 9.48 Å². The van der Waals surface area contributed by atoms with Gasteiger partial charge in [-0.15, -0.1) is 0 Å². The van der Waals surface area contributed by atoms with E-state index in [4.69, 9.17) is 4.74 Å². The Bertz CT molecular complexity index is 466. The van der Waals surface area contributed by atoms with E-state index >= 15 is 0 Å². The molecule has 1 unspecified atom stereocenters. The highest BCUT2D eigenvalue weighted by molar-refractivity contribution is 5.95. The summed E-state index contributed by atoms with van der Waals surface area (Å²) in [6.07, 6.45) is 3.18. The van der Waals surface area contributed by atoms with E-state index in [1.807, 2.05) is 4.68 Å². The Morgan fingerprint density at radius 1 is 1.60 bits per heavy atom. The molecule has 112 valence electrons. The van der Waals surface area contributed by atoms with Crippen molar-refractivity contribution >= 4 is 5.91 Å². The number of carbonyl (C=O) groups excluding carboxylic acids is 1. The first-order chi connectivity index (χ1) is 9.54. The standard InChI is InChI=1S/C14H23N3O3/c1-9(2)17-13(10-4-5-10)12(7-16-17)14(19)15-6-11(18)8-20-3/h7,9-11,18H,4-6,8H2,1-3H3,(H,15,19). The number of nitrogens with one attached hydrogen (secondary N) is 1. The van der Waals surface area contributed by atoms with Gasteiger partial charge in [0, 0.05) is 25.6 Å². The van der Waals surface area contributed by atoms with Gasteiger partial charge >= 0.3 is 0 Å². The van der Waals surface area contributed by atoms with Crippen LogP contribution in [0.2, 0.25) is 0 Å². The fraction of sp³-hybridized carbons (Fsp3) is 0.714. The number of aliphatic hydroxyl groups excluding tert-OH is 1. The highest BCUT2D eigenvalue weighted by atomic mass is 16.5. The van der Waals surface area contributed by atoms with Crippen molar-refractivity contribution in [1.29, 1.82) is 0 Å². The van der Waals surface area contributed by atoms with Crippen LogP contribution in [-0.4, -0.2) is 47.2 Å². The largest absolute Gasteiger partial charge is 0.389 e. The van der Waals surface area contributed by atoms with Gasteiger partial charge in [0.05, 0.1) is 30.2 Å². The molecule has 0 aliphatic heterocycles. The Balaban J connectivity index is 2.06. The lowest BCUT2D eigenvalue weighted by Gasteiger charge is -2.13. The quantitative estimate of drug-likeness (QED) is 0.784. The molecular weight excluding hydrogens is 258 g/mol. The summed E-state index contributed by atoms with van der Waals surface area (Å²) in [5.74, 6) is 0.276. The van der Waals surface area contributed by atoms with Crippen LogP contribution in [0.3, 0.4) is 0 Å². The molecule has 20 heavy (non-hydrogen) atoms. The summed E-state index contributed by atoms with van der Waals surface area (Å²) in [5, 5.41) is 16.6. The van der Waals surface area contributed by atoms with Crippen LogP contribution in [-0.2, 0) is 4.74 Å². The summed E-state index contributed by atoms with van der Waals surface area (Å²) in [5.41, 5.74) is 1.66. The normalized spacial score (nSPS) is 16.4. The van der Waals surface area contributed by atoms with Crippen LogP contribution in [0.1, 0.15) is 54.7 Å². The number of hydrogen-bond donors (Lipinski definition) is 2. The first kappa shape index (κ1) is 15.0. The minimum Gasteiger partial charge on any atom is -0.389 e. The molecule has 1 aliphatic carbocycles. The van der Waals surface area contributed by atoms with Crippen molar-refractivity contribution < 1.29 is 14.6 Å². The number of nitrogens with zero attached hydrogens (tertiary/aromatic N) is 2. The average molecular weight is 281 g/mol. The lowest BCUT2D eigenvalue weighted by molar-refractivity contribution is 0.0609. The van der Waals surface area contributed by atoms with Gasteiger partial charge in [-0.1, -0.05) is 0 Å². The third-order valence-corrected chi connectivity index (χ3v) is 3.39. The SMILES string of the molecule is COCC(O)CNC(=O)c1cnn(C(C)C)c1C1CC1. The van der Waals surface area contributed by atoms with Crippen molar-refractivity contribution in [3.8, 4) is 0 Å². The molecular formula is C14H23N3O3. The molecule has 1 aromatic heterocycles. The Labute approximate surface area is 119 Å². The van der Waals surface area contributed by atoms with Crippen LogP contribution < -0.4 is 5.32 Å². The number of aromatic nitrogens is 2. The molecule has 1 atom stereocenters. The fourth-order valence-electron chi connectivity index (χ4n) is 2.28. The number of aliphatic hydroxyl groups is 1. The molecule has 1 aromatic rings. The molecule has 0 spiro atoms. The molecule has 1 fully saturated rings. The third kappa shape index (κ3) is 3.37. The second-order valence-corrected chi connectivity index (χ2v) is 5.58. The topological polar surface area (TPSA) is 76.4 Å². The minimum atomic E-state index is -0.687. The summed E-state index contributed by atoms with van der Waals surface area (Å²) in [4.78, 5) is 12.2. The highest BCUT2D eigenvalue weighted by Crippen LogP contribution is 2.42. The molecule has 0 radical (unpaired) electrons. The van der Waals surface area contributed by atoms with Crippen molar-refractivity contribution in [2.24, 2.45) is 0 Å². The smallest absolute Gasteiger partial charge is 0.254 e. The van der Waals surface area contributed by atoms with E-state index < -0.39 is 6.10 Å². The van der Waals surface area contributed by atoms with E-state index in [2.05, 4.69) is 24.3 Å². The Morgan fingerprint density at radius 3 is 2.85 bits per heavy atom. The van der Waals surface area contributed by atoms with E-state index in [-0.39, 0.29) is 25.1 Å². The second kappa shape index (κ2) is 6.37. The Morgan fingerprint density at radius 2 is 2.30 bits per heavy atom. The van der Waals surface area contributed by atoms with Gasteiger partial charge in [0.15, 0.2) is 0 Å². The maximum Gasteiger partial charge on any atom is 0.254 e. The van der Waals surface area contributed by atoms with E-state index in [1.54, 1.807) is 6.20 Å². The van der Waals surface area contributed by atoms with E-state index in [0.717, 1.165) is 18.5 Å². The lowest BCUT2D eigenvalue weighted by Crippen LogP contribution is -2.34. The van der Waals surface area contributed by atoms with E-state index in [1.165, 1.54) is 7.11 Å². The Kier molecular flexibility index (Phi) is 4.77. The molecule has 1 amide bonds. The van der Waals surface area contributed by atoms with Crippen LogP contribution in [0.5, 0.6) is 0 Å². The molecule has 1 heterocycles. The van der Waals surface area contributed by atoms with Crippen molar-refractivity contribution in [1.82, 2.24) is 15.1 Å². The average Bonchev–Trinajstić information content (AvgIpc) is 3.14.